The van der Waals surface area contributed by atoms with Crippen LogP contribution < -0.4 is 4.90 Å². The van der Waals surface area contributed by atoms with Crippen molar-refractivity contribution in [2.24, 2.45) is 0 Å². The fourth-order valence-corrected chi connectivity index (χ4v) is 3.14. The minimum Gasteiger partial charge on any atom is -0.393 e. The van der Waals surface area contributed by atoms with Crippen LogP contribution in [0.3, 0.4) is 0 Å². The van der Waals surface area contributed by atoms with E-state index in [0.29, 0.717) is 0 Å². The zero-order chi connectivity index (χ0) is 14.9. The van der Waals surface area contributed by atoms with Gasteiger partial charge in [0, 0.05) is 24.3 Å². The summed E-state index contributed by atoms with van der Waals surface area (Å²) in [5.74, 6) is 0.905. The molecule has 1 aromatic heterocycles. The monoisotopic (exact) mass is 293 g/mol. The number of nitrogens with zero attached hydrogens (tertiary/aromatic N) is 2. The number of aliphatic hydroxyl groups excluding tert-OH is 1. The van der Waals surface area contributed by atoms with Crippen molar-refractivity contribution in [1.82, 2.24) is 9.97 Å². The zero-order valence-corrected chi connectivity index (χ0v) is 12.4. The molecule has 0 aliphatic carbocycles. The number of H-pyrrole nitrogens is 1. The molecule has 0 atom stereocenters. The Hall–Kier alpha value is -2.33. The molecule has 0 radical (unpaired) electrons. The third kappa shape index (κ3) is 2.35. The van der Waals surface area contributed by atoms with E-state index in [0.717, 1.165) is 48.4 Å². The van der Waals surface area contributed by atoms with E-state index in [4.69, 9.17) is 4.98 Å². The van der Waals surface area contributed by atoms with E-state index in [2.05, 4.69) is 28.1 Å². The quantitative estimate of drug-likeness (QED) is 0.763. The lowest BCUT2D eigenvalue weighted by atomic mass is 10.0. The Morgan fingerprint density at radius 3 is 2.55 bits per heavy atom. The molecule has 0 amide bonds. The van der Waals surface area contributed by atoms with Crippen LogP contribution in [0.15, 0.2) is 48.5 Å². The molecule has 4 rings (SSSR count). The normalized spacial score (nSPS) is 16.3. The van der Waals surface area contributed by atoms with Gasteiger partial charge in [0.1, 0.15) is 5.82 Å². The summed E-state index contributed by atoms with van der Waals surface area (Å²) >= 11 is 0. The van der Waals surface area contributed by atoms with E-state index in [1.807, 2.05) is 30.3 Å². The van der Waals surface area contributed by atoms with Gasteiger partial charge in [0.2, 0.25) is 0 Å². The smallest absolute Gasteiger partial charge is 0.140 e. The van der Waals surface area contributed by atoms with Gasteiger partial charge in [-0.05, 0) is 37.1 Å². The Kier molecular flexibility index (Phi) is 3.31. The molecule has 3 aromatic rings. The highest BCUT2D eigenvalue weighted by Crippen LogP contribution is 2.31. The minimum absolute atomic E-state index is 0.158. The number of para-hydroxylation sites is 3. The first kappa shape index (κ1) is 13.3. The van der Waals surface area contributed by atoms with Gasteiger partial charge in [-0.3, -0.25) is 0 Å². The fraction of sp³-hybridized carbons (Fsp3) is 0.278. The van der Waals surface area contributed by atoms with Crippen molar-refractivity contribution in [2.45, 2.75) is 18.9 Å². The Bertz CT molecular complexity index is 755. The van der Waals surface area contributed by atoms with Gasteiger partial charge in [0.25, 0.3) is 0 Å². The number of aromatic amines is 1. The van der Waals surface area contributed by atoms with Crippen molar-refractivity contribution in [1.29, 1.82) is 0 Å². The third-order valence-electron chi connectivity index (χ3n) is 4.35. The Morgan fingerprint density at radius 2 is 1.73 bits per heavy atom. The first-order valence-corrected chi connectivity index (χ1v) is 7.78. The van der Waals surface area contributed by atoms with Crippen LogP contribution >= 0.6 is 0 Å². The van der Waals surface area contributed by atoms with Gasteiger partial charge in [-0.2, -0.15) is 0 Å². The molecule has 2 aromatic carbocycles. The molecule has 2 heterocycles. The van der Waals surface area contributed by atoms with Crippen LogP contribution in [0.5, 0.6) is 0 Å². The van der Waals surface area contributed by atoms with E-state index < -0.39 is 0 Å². The van der Waals surface area contributed by atoms with Crippen LogP contribution in [0.1, 0.15) is 12.8 Å². The second kappa shape index (κ2) is 5.46. The molecule has 0 saturated carbocycles. The number of rotatable bonds is 2. The fourth-order valence-electron chi connectivity index (χ4n) is 3.14. The number of benzene rings is 2. The van der Waals surface area contributed by atoms with Gasteiger partial charge in [0.15, 0.2) is 0 Å². The number of anilines is 1. The van der Waals surface area contributed by atoms with E-state index >= 15 is 0 Å². The maximum Gasteiger partial charge on any atom is 0.140 e. The standard InChI is InChI=1S/C18H19N3O/c22-13-9-11-21(12-10-13)17-8-4-1-5-14(17)18-19-15-6-2-3-7-16(15)20-18/h1-8,13,22H,9-12H2,(H,19,20). The highest BCUT2D eigenvalue weighted by Gasteiger charge is 2.20. The summed E-state index contributed by atoms with van der Waals surface area (Å²) in [6, 6.07) is 16.4. The van der Waals surface area contributed by atoms with Gasteiger partial charge >= 0.3 is 0 Å². The molecule has 2 N–H and O–H groups in total. The summed E-state index contributed by atoms with van der Waals surface area (Å²) < 4.78 is 0. The molecule has 0 unspecified atom stereocenters. The highest BCUT2D eigenvalue weighted by atomic mass is 16.3. The SMILES string of the molecule is OC1CCN(c2ccccc2-c2nc3ccccc3[nH]2)CC1. The maximum absolute atomic E-state index is 9.71. The van der Waals surface area contributed by atoms with Crippen LogP contribution in [0, 0.1) is 0 Å². The largest absolute Gasteiger partial charge is 0.393 e. The number of nitrogens with one attached hydrogen (secondary N) is 1. The number of aliphatic hydroxyl groups is 1. The number of hydrogen-bond donors (Lipinski definition) is 2. The van der Waals surface area contributed by atoms with Crippen molar-refractivity contribution in [3.63, 3.8) is 0 Å². The third-order valence-corrected chi connectivity index (χ3v) is 4.35. The first-order valence-electron chi connectivity index (χ1n) is 7.78. The van der Waals surface area contributed by atoms with Crippen molar-refractivity contribution in [2.75, 3.05) is 18.0 Å². The molecular weight excluding hydrogens is 274 g/mol. The molecule has 0 spiro atoms. The minimum atomic E-state index is -0.158. The number of piperidine rings is 1. The van der Waals surface area contributed by atoms with Gasteiger partial charge < -0.3 is 15.0 Å². The summed E-state index contributed by atoms with van der Waals surface area (Å²) in [6.07, 6.45) is 1.50. The van der Waals surface area contributed by atoms with Crippen LogP contribution in [-0.2, 0) is 0 Å². The average molecular weight is 293 g/mol. The van der Waals surface area contributed by atoms with Crippen molar-refractivity contribution < 1.29 is 5.11 Å². The van der Waals surface area contributed by atoms with Gasteiger partial charge in [-0.1, -0.05) is 24.3 Å². The molecule has 4 nitrogen and oxygen atoms in total. The second-order valence-electron chi connectivity index (χ2n) is 5.84. The number of imidazole rings is 1. The highest BCUT2D eigenvalue weighted by molar-refractivity contribution is 5.83. The van der Waals surface area contributed by atoms with Crippen molar-refractivity contribution >= 4 is 16.7 Å². The summed E-state index contributed by atoms with van der Waals surface area (Å²) in [4.78, 5) is 10.5. The number of hydrogen-bond acceptors (Lipinski definition) is 3. The average Bonchev–Trinajstić information content (AvgIpc) is 2.99. The lowest BCUT2D eigenvalue weighted by molar-refractivity contribution is 0.145. The topological polar surface area (TPSA) is 52.1 Å². The van der Waals surface area contributed by atoms with Crippen molar-refractivity contribution in [3.05, 3.63) is 48.5 Å². The molecule has 1 fully saturated rings. The molecule has 112 valence electrons. The zero-order valence-electron chi connectivity index (χ0n) is 12.4. The molecule has 1 saturated heterocycles. The maximum atomic E-state index is 9.71. The van der Waals surface area contributed by atoms with Gasteiger partial charge in [0.05, 0.1) is 17.1 Å². The second-order valence-corrected chi connectivity index (χ2v) is 5.84. The van der Waals surface area contributed by atoms with Crippen LogP contribution in [0.2, 0.25) is 0 Å². The van der Waals surface area contributed by atoms with E-state index in [1.165, 1.54) is 5.69 Å². The molecular formula is C18H19N3O. The Balaban J connectivity index is 1.75. The molecule has 1 aliphatic heterocycles. The lowest BCUT2D eigenvalue weighted by Gasteiger charge is -2.32. The van der Waals surface area contributed by atoms with E-state index in [1.54, 1.807) is 0 Å². The van der Waals surface area contributed by atoms with Crippen molar-refractivity contribution in [3.8, 4) is 11.4 Å². The van der Waals surface area contributed by atoms with E-state index in [9.17, 15) is 5.11 Å². The molecule has 22 heavy (non-hydrogen) atoms. The number of aromatic nitrogens is 2. The Labute approximate surface area is 129 Å². The molecule has 4 heteroatoms. The van der Waals surface area contributed by atoms with Gasteiger partial charge in [-0.25, -0.2) is 4.98 Å². The first-order chi connectivity index (χ1) is 10.8. The van der Waals surface area contributed by atoms with Crippen LogP contribution in [0.4, 0.5) is 5.69 Å². The lowest BCUT2D eigenvalue weighted by Crippen LogP contribution is -2.36. The van der Waals surface area contributed by atoms with E-state index in [-0.39, 0.29) is 6.10 Å². The van der Waals surface area contributed by atoms with Crippen LogP contribution in [0.25, 0.3) is 22.4 Å². The summed E-state index contributed by atoms with van der Waals surface area (Å²) in [5.41, 5.74) is 4.35. The summed E-state index contributed by atoms with van der Waals surface area (Å²) in [7, 11) is 0. The number of fused-ring (bicyclic) bond motifs is 1. The molecule has 1 aliphatic rings. The van der Waals surface area contributed by atoms with Crippen LogP contribution in [-0.4, -0.2) is 34.3 Å². The predicted molar refractivity (Wildman–Crippen MR) is 89.0 cm³/mol. The van der Waals surface area contributed by atoms with Gasteiger partial charge in [-0.15, -0.1) is 0 Å². The summed E-state index contributed by atoms with van der Waals surface area (Å²) in [6.45, 7) is 1.77. The summed E-state index contributed by atoms with van der Waals surface area (Å²) in [5, 5.41) is 9.71. The molecule has 0 bridgehead atoms. The Morgan fingerprint density at radius 1 is 1.00 bits per heavy atom. The predicted octanol–water partition coefficient (Wildman–Crippen LogP) is 3.19.